The molecule has 0 saturated heterocycles. The maximum Gasteiger partial charge on any atom is 0.435 e. The van der Waals surface area contributed by atoms with Gasteiger partial charge in [0.25, 0.3) is 0 Å². The fourth-order valence-corrected chi connectivity index (χ4v) is 3.52. The topological polar surface area (TPSA) is 52.0 Å². The average molecular weight is 396 g/mol. The molecule has 0 aromatic heterocycles. The molecule has 0 spiro atoms. The number of nitrogens with two attached hydrogens (primary N) is 2. The number of allylic oxidation sites excluding steroid dienone is 2. The minimum absolute atomic E-state index is 0.0230. The Labute approximate surface area is 151 Å². The molecule has 0 fully saturated rings. The van der Waals surface area contributed by atoms with E-state index >= 15 is 0 Å². The second-order valence-corrected chi connectivity index (χ2v) is 6.51. The van der Waals surface area contributed by atoms with Crippen LogP contribution in [0.5, 0.6) is 0 Å². The van der Waals surface area contributed by atoms with Gasteiger partial charge in [0.05, 0.1) is 0 Å². The van der Waals surface area contributed by atoms with Gasteiger partial charge in [0.1, 0.15) is 0 Å². The third kappa shape index (κ3) is 3.27. The standard InChI is InChI=1S/C18H19F7N2/c1-11-8-12(16(19,17(20,21)22)18(23,24)25)5-6-14(11)15(10-27)7-3-2-4-13(15)9-26/h2-8,13H,9-10,26-27H2,1H3. The van der Waals surface area contributed by atoms with Gasteiger partial charge in [0.2, 0.25) is 0 Å². The van der Waals surface area contributed by atoms with Gasteiger partial charge in [-0.1, -0.05) is 42.5 Å². The minimum Gasteiger partial charge on any atom is -0.330 e. The Bertz CT molecular complexity index is 735. The number of benzene rings is 1. The van der Waals surface area contributed by atoms with Gasteiger partial charge in [0, 0.05) is 23.4 Å². The number of hydrogen-bond donors (Lipinski definition) is 2. The molecule has 150 valence electrons. The van der Waals surface area contributed by atoms with Crippen LogP contribution >= 0.6 is 0 Å². The molecule has 0 bridgehead atoms. The summed E-state index contributed by atoms with van der Waals surface area (Å²) in [5.41, 5.74) is 4.23. The van der Waals surface area contributed by atoms with E-state index in [0.29, 0.717) is 17.7 Å². The summed E-state index contributed by atoms with van der Waals surface area (Å²) in [7, 11) is 0. The first-order valence-electron chi connectivity index (χ1n) is 8.05. The molecule has 1 aromatic rings. The molecule has 27 heavy (non-hydrogen) atoms. The number of rotatable bonds is 4. The van der Waals surface area contributed by atoms with Gasteiger partial charge in [-0.25, -0.2) is 4.39 Å². The maximum atomic E-state index is 14.3. The highest BCUT2D eigenvalue weighted by Gasteiger charge is 2.73. The Hall–Kier alpha value is -1.87. The van der Waals surface area contributed by atoms with Gasteiger partial charge in [-0.2, -0.15) is 26.3 Å². The quantitative estimate of drug-likeness (QED) is 0.751. The molecule has 0 heterocycles. The summed E-state index contributed by atoms with van der Waals surface area (Å²) in [5, 5.41) is 0. The van der Waals surface area contributed by atoms with E-state index in [4.69, 9.17) is 11.5 Å². The van der Waals surface area contributed by atoms with Crippen molar-refractivity contribution in [2.45, 2.75) is 30.4 Å². The van der Waals surface area contributed by atoms with E-state index in [1.807, 2.05) is 0 Å². The lowest BCUT2D eigenvalue weighted by Gasteiger charge is -2.39. The van der Waals surface area contributed by atoms with Gasteiger partial charge in [-0.3, -0.25) is 0 Å². The van der Waals surface area contributed by atoms with E-state index in [1.165, 1.54) is 6.92 Å². The molecule has 1 aromatic carbocycles. The molecular weight excluding hydrogens is 377 g/mol. The second kappa shape index (κ2) is 6.94. The van der Waals surface area contributed by atoms with Crippen molar-refractivity contribution in [3.05, 3.63) is 59.2 Å². The second-order valence-electron chi connectivity index (χ2n) is 6.51. The van der Waals surface area contributed by atoms with Crippen LogP contribution in [0, 0.1) is 12.8 Å². The van der Waals surface area contributed by atoms with Gasteiger partial charge in [-0.15, -0.1) is 0 Å². The van der Waals surface area contributed by atoms with Crippen molar-refractivity contribution in [2.24, 2.45) is 17.4 Å². The molecule has 4 N–H and O–H groups in total. The smallest absolute Gasteiger partial charge is 0.330 e. The lowest BCUT2D eigenvalue weighted by Crippen LogP contribution is -2.50. The van der Waals surface area contributed by atoms with Crippen LogP contribution in [0.4, 0.5) is 30.7 Å². The summed E-state index contributed by atoms with van der Waals surface area (Å²) in [4.78, 5) is 0. The first kappa shape index (κ1) is 21.4. The first-order chi connectivity index (χ1) is 12.3. The molecule has 1 aliphatic carbocycles. The van der Waals surface area contributed by atoms with Crippen LogP contribution in [0.15, 0.2) is 42.5 Å². The van der Waals surface area contributed by atoms with Crippen molar-refractivity contribution in [1.29, 1.82) is 0 Å². The van der Waals surface area contributed by atoms with E-state index in [1.54, 1.807) is 24.3 Å². The molecule has 0 aliphatic heterocycles. The van der Waals surface area contributed by atoms with E-state index in [2.05, 4.69) is 0 Å². The first-order valence-corrected chi connectivity index (χ1v) is 8.05. The molecule has 2 rings (SSSR count). The number of aryl methyl sites for hydroxylation is 1. The molecule has 0 radical (unpaired) electrons. The fourth-order valence-electron chi connectivity index (χ4n) is 3.52. The van der Waals surface area contributed by atoms with Gasteiger partial charge in [-0.05, 0) is 24.6 Å². The van der Waals surface area contributed by atoms with Crippen molar-refractivity contribution >= 4 is 0 Å². The van der Waals surface area contributed by atoms with Gasteiger partial charge >= 0.3 is 18.0 Å². The molecule has 9 heteroatoms. The normalized spacial score (nSPS) is 23.7. The molecule has 2 nitrogen and oxygen atoms in total. The predicted octanol–water partition coefficient (Wildman–Crippen LogP) is 4.18. The van der Waals surface area contributed by atoms with Gasteiger partial charge < -0.3 is 11.5 Å². The maximum absolute atomic E-state index is 14.3. The lowest BCUT2D eigenvalue weighted by atomic mass is 9.66. The van der Waals surface area contributed by atoms with E-state index in [0.717, 1.165) is 6.07 Å². The Morgan fingerprint density at radius 2 is 1.56 bits per heavy atom. The molecule has 2 unspecified atom stereocenters. The highest BCUT2D eigenvalue weighted by atomic mass is 19.4. The van der Waals surface area contributed by atoms with Crippen LogP contribution in [-0.2, 0) is 11.1 Å². The van der Waals surface area contributed by atoms with Crippen LogP contribution < -0.4 is 11.5 Å². The van der Waals surface area contributed by atoms with Crippen molar-refractivity contribution in [2.75, 3.05) is 13.1 Å². The molecule has 2 atom stereocenters. The summed E-state index contributed by atoms with van der Waals surface area (Å²) in [6.45, 7) is 1.51. The summed E-state index contributed by atoms with van der Waals surface area (Å²) in [6.07, 6.45) is -5.42. The molecule has 0 saturated carbocycles. The number of alkyl halides is 7. The summed E-state index contributed by atoms with van der Waals surface area (Å²) < 4.78 is 92.2. The van der Waals surface area contributed by atoms with E-state index in [-0.39, 0.29) is 24.6 Å². The van der Waals surface area contributed by atoms with E-state index in [9.17, 15) is 30.7 Å². The predicted molar refractivity (Wildman–Crippen MR) is 87.6 cm³/mol. The average Bonchev–Trinajstić information content (AvgIpc) is 2.58. The molecule has 0 amide bonds. The van der Waals surface area contributed by atoms with Crippen LogP contribution in [0.2, 0.25) is 0 Å². The third-order valence-corrected chi connectivity index (χ3v) is 5.01. The Kier molecular flexibility index (Phi) is 5.51. The summed E-state index contributed by atoms with van der Waals surface area (Å²) >= 11 is 0. The summed E-state index contributed by atoms with van der Waals surface area (Å²) in [5.74, 6) is -0.308. The summed E-state index contributed by atoms with van der Waals surface area (Å²) in [6, 6.07) is 2.16. The van der Waals surface area contributed by atoms with Crippen LogP contribution in [0.3, 0.4) is 0 Å². The zero-order valence-corrected chi connectivity index (χ0v) is 14.3. The van der Waals surface area contributed by atoms with Crippen molar-refractivity contribution in [3.8, 4) is 0 Å². The highest BCUT2D eigenvalue weighted by Crippen LogP contribution is 2.53. The fraction of sp³-hybridized carbons (Fsp3) is 0.444. The lowest BCUT2D eigenvalue weighted by molar-refractivity contribution is -0.348. The highest BCUT2D eigenvalue weighted by molar-refractivity contribution is 5.46. The van der Waals surface area contributed by atoms with Crippen LogP contribution in [-0.4, -0.2) is 25.4 Å². The Morgan fingerprint density at radius 1 is 0.963 bits per heavy atom. The van der Waals surface area contributed by atoms with Crippen molar-refractivity contribution in [3.63, 3.8) is 0 Å². The number of halogens is 7. The van der Waals surface area contributed by atoms with Crippen LogP contribution in [0.25, 0.3) is 0 Å². The van der Waals surface area contributed by atoms with Gasteiger partial charge in [0.15, 0.2) is 0 Å². The zero-order valence-electron chi connectivity index (χ0n) is 14.3. The van der Waals surface area contributed by atoms with Crippen molar-refractivity contribution in [1.82, 2.24) is 0 Å². The monoisotopic (exact) mass is 396 g/mol. The third-order valence-electron chi connectivity index (χ3n) is 5.01. The zero-order chi connectivity index (χ0) is 20.7. The van der Waals surface area contributed by atoms with E-state index < -0.39 is 29.0 Å². The Morgan fingerprint density at radius 3 is 2.00 bits per heavy atom. The Balaban J connectivity index is 2.65. The largest absolute Gasteiger partial charge is 0.435 e. The van der Waals surface area contributed by atoms with Crippen LogP contribution in [0.1, 0.15) is 16.7 Å². The minimum atomic E-state index is -6.15. The molecule has 1 aliphatic rings. The molecular formula is C18H19F7N2. The van der Waals surface area contributed by atoms with Crippen molar-refractivity contribution < 1.29 is 30.7 Å². The number of hydrogen-bond acceptors (Lipinski definition) is 2. The SMILES string of the molecule is Cc1cc(C(F)(C(F)(F)F)C(F)(F)F)ccc1C1(CN)C=CC=CC1CN.